The first kappa shape index (κ1) is 8.27. The molecule has 1 heterocycles. The first-order valence-electron chi connectivity index (χ1n) is 3.31. The number of ether oxygens (including phenoxy) is 3. The Labute approximate surface area is 65.2 Å². The van der Waals surface area contributed by atoms with Crippen LogP contribution < -0.4 is 0 Å². The zero-order chi connectivity index (χ0) is 7.40. The average molecular weight is 167 g/mol. The third-order valence-corrected chi connectivity index (χ3v) is 1.54. The molecule has 4 heteroatoms. The van der Waals surface area contributed by atoms with Crippen LogP contribution in [0.25, 0.3) is 0 Å². The van der Waals surface area contributed by atoms with Crippen molar-refractivity contribution in [2.75, 3.05) is 19.1 Å². The van der Waals surface area contributed by atoms with E-state index in [0.29, 0.717) is 19.1 Å². The zero-order valence-electron chi connectivity index (χ0n) is 5.88. The van der Waals surface area contributed by atoms with Crippen LogP contribution in [0.2, 0.25) is 0 Å². The molecular weight excluding hydrogens is 156 g/mol. The number of hydrogen-bond acceptors (Lipinski definition) is 3. The first-order valence-corrected chi connectivity index (χ1v) is 3.85. The summed E-state index contributed by atoms with van der Waals surface area (Å²) < 4.78 is 15.3. The highest BCUT2D eigenvalue weighted by molar-refractivity contribution is 6.18. The molecule has 0 aromatic carbocycles. The summed E-state index contributed by atoms with van der Waals surface area (Å²) in [4.78, 5) is 0. The summed E-state index contributed by atoms with van der Waals surface area (Å²) in [5.41, 5.74) is 0. The minimum atomic E-state index is -0.492. The summed E-state index contributed by atoms with van der Waals surface area (Å²) in [5, 5.41) is 0. The van der Waals surface area contributed by atoms with Gasteiger partial charge in [0.25, 0.3) is 6.48 Å². The smallest absolute Gasteiger partial charge is 0.272 e. The fraction of sp³-hybridized carbons (Fsp3) is 1.00. The molecule has 2 unspecified atom stereocenters. The van der Waals surface area contributed by atoms with Crippen LogP contribution in [-0.2, 0) is 14.2 Å². The van der Waals surface area contributed by atoms with Gasteiger partial charge in [-0.2, -0.15) is 0 Å². The Morgan fingerprint density at radius 1 is 1.70 bits per heavy atom. The Hall–Kier alpha value is 0.170. The predicted molar refractivity (Wildman–Crippen MR) is 37.0 cm³/mol. The van der Waals surface area contributed by atoms with E-state index in [-0.39, 0.29) is 6.10 Å². The Morgan fingerprint density at radius 3 is 3.00 bits per heavy atom. The standard InChI is InChI=1S/C6H11ClO3/c1-2-8-6-9-4-5(3-7)10-6/h5-6H,2-4H2,1H3. The van der Waals surface area contributed by atoms with Gasteiger partial charge in [-0.1, -0.05) is 0 Å². The van der Waals surface area contributed by atoms with E-state index >= 15 is 0 Å². The van der Waals surface area contributed by atoms with Crippen molar-refractivity contribution in [2.45, 2.75) is 19.5 Å². The van der Waals surface area contributed by atoms with Gasteiger partial charge in [0.05, 0.1) is 12.5 Å². The number of rotatable bonds is 3. The summed E-state index contributed by atoms with van der Waals surface area (Å²) >= 11 is 5.51. The van der Waals surface area contributed by atoms with Gasteiger partial charge in [0.15, 0.2) is 0 Å². The maximum Gasteiger partial charge on any atom is 0.272 e. The van der Waals surface area contributed by atoms with Crippen molar-refractivity contribution in [3.8, 4) is 0 Å². The lowest BCUT2D eigenvalue weighted by atomic mass is 10.4. The minimum absolute atomic E-state index is 0.00165. The Kier molecular flexibility index (Phi) is 3.42. The van der Waals surface area contributed by atoms with Crippen LogP contribution in [0.3, 0.4) is 0 Å². The maximum atomic E-state index is 5.51. The molecule has 3 nitrogen and oxygen atoms in total. The molecule has 2 atom stereocenters. The highest BCUT2D eigenvalue weighted by Gasteiger charge is 2.24. The van der Waals surface area contributed by atoms with Crippen LogP contribution in [0, 0.1) is 0 Å². The van der Waals surface area contributed by atoms with Crippen molar-refractivity contribution in [1.82, 2.24) is 0 Å². The summed E-state index contributed by atoms with van der Waals surface area (Å²) in [6.45, 7) is 2.53. The molecule has 0 spiro atoms. The molecule has 1 aliphatic heterocycles. The van der Waals surface area contributed by atoms with Crippen LogP contribution >= 0.6 is 11.6 Å². The second-order valence-corrected chi connectivity index (χ2v) is 2.30. The molecule has 1 fully saturated rings. The molecular formula is C6H11ClO3. The van der Waals surface area contributed by atoms with Crippen LogP contribution in [0.1, 0.15) is 6.92 Å². The lowest BCUT2D eigenvalue weighted by molar-refractivity contribution is -0.233. The SMILES string of the molecule is CCOC1OCC(CCl)O1. The molecule has 0 N–H and O–H groups in total. The molecule has 0 bridgehead atoms. The molecule has 0 saturated carbocycles. The van der Waals surface area contributed by atoms with Crippen LogP contribution in [-0.4, -0.2) is 31.7 Å². The molecule has 10 heavy (non-hydrogen) atoms. The topological polar surface area (TPSA) is 27.7 Å². The predicted octanol–water partition coefficient (Wildman–Crippen LogP) is 0.961. The fourth-order valence-corrected chi connectivity index (χ4v) is 0.888. The summed E-state index contributed by atoms with van der Waals surface area (Å²) in [5.74, 6) is 0.462. The third-order valence-electron chi connectivity index (χ3n) is 1.20. The molecule has 1 aliphatic rings. The van der Waals surface area contributed by atoms with E-state index in [2.05, 4.69) is 0 Å². The van der Waals surface area contributed by atoms with E-state index in [0.717, 1.165) is 0 Å². The van der Waals surface area contributed by atoms with Gasteiger partial charge < -0.3 is 14.2 Å². The molecule has 0 amide bonds. The van der Waals surface area contributed by atoms with Gasteiger partial charge in [0.1, 0.15) is 6.10 Å². The number of alkyl halides is 1. The van der Waals surface area contributed by atoms with Crippen LogP contribution in [0.15, 0.2) is 0 Å². The monoisotopic (exact) mass is 166 g/mol. The normalized spacial score (nSPS) is 33.0. The van der Waals surface area contributed by atoms with E-state index in [9.17, 15) is 0 Å². The minimum Gasteiger partial charge on any atom is -0.330 e. The molecule has 0 aromatic rings. The molecule has 1 rings (SSSR count). The van der Waals surface area contributed by atoms with E-state index in [1.165, 1.54) is 0 Å². The first-order chi connectivity index (χ1) is 4.86. The van der Waals surface area contributed by atoms with Crippen molar-refractivity contribution < 1.29 is 14.2 Å². The van der Waals surface area contributed by atoms with E-state index in [1.807, 2.05) is 6.92 Å². The molecule has 60 valence electrons. The van der Waals surface area contributed by atoms with Gasteiger partial charge in [-0.25, -0.2) is 0 Å². The Bertz CT molecular complexity index is 99.0. The molecule has 1 saturated heterocycles. The van der Waals surface area contributed by atoms with Crippen molar-refractivity contribution in [2.24, 2.45) is 0 Å². The van der Waals surface area contributed by atoms with Crippen LogP contribution in [0.4, 0.5) is 0 Å². The van der Waals surface area contributed by atoms with Crippen molar-refractivity contribution in [3.05, 3.63) is 0 Å². The second-order valence-electron chi connectivity index (χ2n) is 1.99. The largest absolute Gasteiger partial charge is 0.330 e. The van der Waals surface area contributed by atoms with Crippen molar-refractivity contribution >= 4 is 11.6 Å². The second kappa shape index (κ2) is 4.13. The Balaban J connectivity index is 2.15. The highest BCUT2D eigenvalue weighted by atomic mass is 35.5. The summed E-state index contributed by atoms with van der Waals surface area (Å²) in [7, 11) is 0. The van der Waals surface area contributed by atoms with Gasteiger partial charge in [-0.05, 0) is 6.92 Å². The summed E-state index contributed by atoms with van der Waals surface area (Å²) in [6.07, 6.45) is -0.00165. The fourth-order valence-electron chi connectivity index (χ4n) is 0.726. The van der Waals surface area contributed by atoms with Gasteiger partial charge in [0.2, 0.25) is 0 Å². The van der Waals surface area contributed by atoms with Gasteiger partial charge >= 0.3 is 0 Å². The van der Waals surface area contributed by atoms with Gasteiger partial charge in [-0.15, -0.1) is 11.6 Å². The number of halogens is 1. The van der Waals surface area contributed by atoms with Gasteiger partial charge in [-0.3, -0.25) is 0 Å². The third kappa shape index (κ3) is 2.09. The van der Waals surface area contributed by atoms with Crippen LogP contribution in [0.5, 0.6) is 0 Å². The van der Waals surface area contributed by atoms with Crippen molar-refractivity contribution in [1.29, 1.82) is 0 Å². The van der Waals surface area contributed by atoms with E-state index < -0.39 is 6.48 Å². The molecule has 0 aromatic heterocycles. The van der Waals surface area contributed by atoms with Gasteiger partial charge in [0, 0.05) is 6.61 Å². The average Bonchev–Trinajstić information content (AvgIpc) is 2.37. The lowest BCUT2D eigenvalue weighted by Crippen LogP contribution is -2.16. The van der Waals surface area contributed by atoms with E-state index in [1.54, 1.807) is 0 Å². The van der Waals surface area contributed by atoms with E-state index in [4.69, 9.17) is 25.8 Å². The lowest BCUT2D eigenvalue weighted by Gasteiger charge is -2.08. The zero-order valence-corrected chi connectivity index (χ0v) is 6.63. The molecule has 0 radical (unpaired) electrons. The number of hydrogen-bond donors (Lipinski definition) is 0. The highest BCUT2D eigenvalue weighted by Crippen LogP contribution is 2.12. The Morgan fingerprint density at radius 2 is 2.50 bits per heavy atom. The quantitative estimate of drug-likeness (QED) is 0.585. The molecule has 0 aliphatic carbocycles. The summed E-state index contributed by atoms with van der Waals surface area (Å²) in [6, 6.07) is 0. The van der Waals surface area contributed by atoms with Crippen molar-refractivity contribution in [3.63, 3.8) is 0 Å². The maximum absolute atomic E-state index is 5.51.